The molecule has 0 saturated heterocycles. The number of amides is 1. The summed E-state index contributed by atoms with van der Waals surface area (Å²) in [6.45, 7) is 0.587. The smallest absolute Gasteiger partial charge is 0.291 e. The summed E-state index contributed by atoms with van der Waals surface area (Å²) in [5, 5.41) is 21.4. The molecule has 0 spiro atoms. The van der Waals surface area contributed by atoms with E-state index in [4.69, 9.17) is 14.6 Å². The van der Waals surface area contributed by atoms with E-state index in [1.165, 1.54) is 0 Å². The van der Waals surface area contributed by atoms with Crippen molar-refractivity contribution in [3.8, 4) is 11.3 Å². The maximum Gasteiger partial charge on any atom is 0.291 e. The first-order chi connectivity index (χ1) is 17.7. The first-order valence-corrected chi connectivity index (χ1v) is 11.7. The Bertz CT molecular complexity index is 1330. The third-order valence-electron chi connectivity index (χ3n) is 5.94. The van der Waals surface area contributed by atoms with Crippen molar-refractivity contribution < 1.29 is 13.9 Å². The van der Waals surface area contributed by atoms with Gasteiger partial charge in [-0.2, -0.15) is 5.10 Å². The fourth-order valence-corrected chi connectivity index (χ4v) is 3.83. The molecule has 182 valence electrons. The average molecular weight is 483 g/mol. The second kappa shape index (κ2) is 10.8. The SMILES string of the molecule is N=C(/C(=C\NC1CC(OCc2ccccc2)C1)NC(=O)c1ccc(-c2cn[nH]c2)o1)c1ccccn1. The highest BCUT2D eigenvalue weighted by atomic mass is 16.5. The fraction of sp³-hybridized carbons (Fsp3) is 0.185. The number of nitrogens with one attached hydrogen (secondary N) is 4. The number of benzene rings is 1. The van der Waals surface area contributed by atoms with Crippen molar-refractivity contribution in [2.75, 3.05) is 0 Å². The summed E-state index contributed by atoms with van der Waals surface area (Å²) < 4.78 is 11.7. The minimum Gasteiger partial charge on any atom is -0.451 e. The third kappa shape index (κ3) is 5.59. The Hall–Kier alpha value is -4.50. The van der Waals surface area contributed by atoms with Crippen LogP contribution >= 0.6 is 0 Å². The molecule has 9 nitrogen and oxygen atoms in total. The van der Waals surface area contributed by atoms with E-state index in [2.05, 4.69) is 25.8 Å². The first kappa shape index (κ1) is 23.3. The van der Waals surface area contributed by atoms with Gasteiger partial charge in [0.25, 0.3) is 5.91 Å². The Kier molecular flexibility index (Phi) is 7.00. The van der Waals surface area contributed by atoms with E-state index in [-0.39, 0.29) is 23.6 Å². The molecule has 3 heterocycles. The summed E-state index contributed by atoms with van der Waals surface area (Å²) in [4.78, 5) is 17.2. The van der Waals surface area contributed by atoms with Crippen molar-refractivity contribution in [1.29, 1.82) is 5.41 Å². The third-order valence-corrected chi connectivity index (χ3v) is 5.94. The van der Waals surface area contributed by atoms with E-state index in [9.17, 15) is 4.79 Å². The number of rotatable bonds is 10. The molecule has 0 bridgehead atoms. The lowest BCUT2D eigenvalue weighted by molar-refractivity contribution is -0.0239. The number of nitrogens with zero attached hydrogens (tertiary/aromatic N) is 2. The molecule has 0 unspecified atom stereocenters. The number of hydrogen-bond acceptors (Lipinski definition) is 7. The van der Waals surface area contributed by atoms with E-state index < -0.39 is 5.91 Å². The van der Waals surface area contributed by atoms with Crippen molar-refractivity contribution in [2.24, 2.45) is 0 Å². The highest BCUT2D eigenvalue weighted by Crippen LogP contribution is 2.25. The Labute approximate surface area is 208 Å². The van der Waals surface area contributed by atoms with Gasteiger partial charge in [0.15, 0.2) is 5.76 Å². The minimum atomic E-state index is -0.462. The van der Waals surface area contributed by atoms with E-state index in [1.54, 1.807) is 55.1 Å². The number of hydrogen-bond donors (Lipinski definition) is 4. The quantitative estimate of drug-likeness (QED) is 0.253. The Morgan fingerprint density at radius 1 is 1.14 bits per heavy atom. The number of pyridine rings is 1. The molecule has 1 fully saturated rings. The lowest BCUT2D eigenvalue weighted by atomic mass is 9.89. The van der Waals surface area contributed by atoms with Gasteiger partial charge in [0.2, 0.25) is 0 Å². The van der Waals surface area contributed by atoms with Crippen LogP contribution in [-0.2, 0) is 11.3 Å². The summed E-state index contributed by atoms with van der Waals surface area (Å²) in [6.07, 6.45) is 8.42. The molecule has 0 radical (unpaired) electrons. The molecule has 0 atom stereocenters. The molecule has 0 aliphatic heterocycles. The van der Waals surface area contributed by atoms with Gasteiger partial charge in [-0.05, 0) is 42.7 Å². The zero-order valence-corrected chi connectivity index (χ0v) is 19.5. The summed E-state index contributed by atoms with van der Waals surface area (Å²) in [5.41, 5.74) is 2.73. The number of carbonyl (C=O) groups excluding carboxylic acids is 1. The molecule has 1 amide bonds. The summed E-state index contributed by atoms with van der Waals surface area (Å²) in [5.74, 6) is 0.188. The molecule has 1 aliphatic rings. The lowest BCUT2D eigenvalue weighted by Gasteiger charge is -2.35. The van der Waals surface area contributed by atoms with Crippen molar-refractivity contribution in [3.05, 3.63) is 108 Å². The van der Waals surface area contributed by atoms with Crippen molar-refractivity contribution in [1.82, 2.24) is 25.8 Å². The normalized spacial score (nSPS) is 17.3. The van der Waals surface area contributed by atoms with Gasteiger partial charge in [0.05, 0.1) is 35.9 Å². The molecule has 1 aromatic carbocycles. The highest BCUT2D eigenvalue weighted by Gasteiger charge is 2.29. The average Bonchev–Trinajstić information content (AvgIpc) is 3.60. The summed E-state index contributed by atoms with van der Waals surface area (Å²) in [7, 11) is 0. The van der Waals surface area contributed by atoms with E-state index >= 15 is 0 Å². The van der Waals surface area contributed by atoms with E-state index in [0.29, 0.717) is 23.8 Å². The van der Waals surface area contributed by atoms with Crippen LogP contribution in [0.2, 0.25) is 0 Å². The Morgan fingerprint density at radius 3 is 2.72 bits per heavy atom. The number of aromatic nitrogens is 3. The van der Waals surface area contributed by atoms with Gasteiger partial charge >= 0.3 is 0 Å². The van der Waals surface area contributed by atoms with Gasteiger partial charge in [-0.15, -0.1) is 0 Å². The highest BCUT2D eigenvalue weighted by molar-refractivity contribution is 6.12. The van der Waals surface area contributed by atoms with Crippen LogP contribution in [0.4, 0.5) is 0 Å². The minimum absolute atomic E-state index is 0.0919. The fourth-order valence-electron chi connectivity index (χ4n) is 3.83. The van der Waals surface area contributed by atoms with Crippen LogP contribution in [0.3, 0.4) is 0 Å². The monoisotopic (exact) mass is 482 g/mol. The van der Waals surface area contributed by atoms with Crippen LogP contribution in [-0.4, -0.2) is 38.9 Å². The molecule has 4 N–H and O–H groups in total. The van der Waals surface area contributed by atoms with Gasteiger partial charge < -0.3 is 19.8 Å². The van der Waals surface area contributed by atoms with Crippen LogP contribution in [0.5, 0.6) is 0 Å². The zero-order chi connectivity index (χ0) is 24.7. The molecule has 1 saturated carbocycles. The number of allylic oxidation sites excluding steroid dienone is 1. The predicted molar refractivity (Wildman–Crippen MR) is 134 cm³/mol. The van der Waals surface area contributed by atoms with E-state index in [0.717, 1.165) is 24.0 Å². The van der Waals surface area contributed by atoms with Gasteiger partial charge in [0.1, 0.15) is 11.5 Å². The molecule has 9 heteroatoms. The molecule has 36 heavy (non-hydrogen) atoms. The molecule has 1 aliphatic carbocycles. The molecular weight excluding hydrogens is 456 g/mol. The maximum absolute atomic E-state index is 12.9. The lowest BCUT2D eigenvalue weighted by Crippen LogP contribution is -2.44. The zero-order valence-electron chi connectivity index (χ0n) is 19.5. The number of aromatic amines is 1. The first-order valence-electron chi connectivity index (χ1n) is 11.7. The van der Waals surface area contributed by atoms with Crippen LogP contribution in [0.15, 0.2) is 95.6 Å². The Morgan fingerprint density at radius 2 is 1.97 bits per heavy atom. The van der Waals surface area contributed by atoms with E-state index in [1.807, 2.05) is 30.3 Å². The summed E-state index contributed by atoms with van der Waals surface area (Å²) >= 11 is 0. The number of carbonyl (C=O) groups is 1. The molecule has 5 rings (SSSR count). The van der Waals surface area contributed by atoms with Crippen LogP contribution in [0, 0.1) is 5.41 Å². The predicted octanol–water partition coefficient (Wildman–Crippen LogP) is 4.04. The van der Waals surface area contributed by atoms with Crippen molar-refractivity contribution in [3.63, 3.8) is 0 Å². The van der Waals surface area contributed by atoms with Crippen molar-refractivity contribution >= 4 is 11.6 Å². The summed E-state index contributed by atoms with van der Waals surface area (Å²) in [6, 6.07) is 18.9. The van der Waals surface area contributed by atoms with Crippen LogP contribution < -0.4 is 10.6 Å². The van der Waals surface area contributed by atoms with Gasteiger partial charge in [-0.1, -0.05) is 36.4 Å². The van der Waals surface area contributed by atoms with Crippen LogP contribution in [0.25, 0.3) is 11.3 Å². The van der Waals surface area contributed by atoms with Gasteiger partial charge in [0, 0.05) is 24.6 Å². The number of H-pyrrole nitrogens is 1. The number of furan rings is 1. The topological polar surface area (TPSA) is 129 Å². The largest absolute Gasteiger partial charge is 0.451 e. The standard InChI is InChI=1S/C27H26N6O3/c28-26(22-8-4-5-11-29-22)23(33-27(34)25-10-9-24(36-25)19-14-31-32-15-19)16-30-20-12-21(13-20)35-17-18-6-2-1-3-7-18/h1-11,14-16,20-21,28,30H,12-13,17H2,(H,31,32)(H,33,34)/b23-16+,28-26?. The molecule has 3 aromatic heterocycles. The molecular formula is C27H26N6O3. The molecule has 4 aromatic rings. The van der Waals surface area contributed by atoms with Crippen molar-refractivity contribution in [2.45, 2.75) is 31.6 Å². The van der Waals surface area contributed by atoms with Gasteiger partial charge in [-0.3, -0.25) is 20.3 Å². The maximum atomic E-state index is 12.9. The Balaban J connectivity index is 1.22. The van der Waals surface area contributed by atoms with Gasteiger partial charge in [-0.25, -0.2) is 0 Å². The second-order valence-corrected chi connectivity index (χ2v) is 8.51. The van der Waals surface area contributed by atoms with Crippen LogP contribution in [0.1, 0.15) is 34.7 Å². The number of ether oxygens (including phenoxy) is 1. The second-order valence-electron chi connectivity index (χ2n) is 8.51.